The van der Waals surface area contributed by atoms with E-state index in [0.717, 1.165) is 0 Å². The van der Waals surface area contributed by atoms with E-state index in [0.29, 0.717) is 31.0 Å². The van der Waals surface area contributed by atoms with E-state index in [4.69, 9.17) is 11.5 Å². The molecule has 0 radical (unpaired) electrons. The van der Waals surface area contributed by atoms with Crippen LogP contribution in [0.25, 0.3) is 0 Å². The first-order valence-corrected chi connectivity index (χ1v) is 12.8. The number of carboxylic acid groups (broad SMARTS) is 1. The summed E-state index contributed by atoms with van der Waals surface area (Å²) in [6, 6.07) is -0.864. The van der Waals surface area contributed by atoms with Crippen molar-refractivity contribution in [1.29, 1.82) is 0 Å². The molecular formula is C22H33N7O6S. The van der Waals surface area contributed by atoms with Gasteiger partial charge in [-0.25, -0.2) is 9.79 Å². The molecule has 7 N–H and O–H groups in total. The molecule has 36 heavy (non-hydrogen) atoms. The van der Waals surface area contributed by atoms with Crippen molar-refractivity contribution < 1.29 is 29.4 Å². The third-order valence-corrected chi connectivity index (χ3v) is 9.02. The Morgan fingerprint density at radius 2 is 1.97 bits per heavy atom. The molecule has 6 atom stereocenters. The van der Waals surface area contributed by atoms with Crippen molar-refractivity contribution in [2.24, 2.45) is 28.3 Å². The predicted octanol–water partition coefficient (Wildman–Crippen LogP) is -2.45. The Bertz CT molecular complexity index is 1020. The van der Waals surface area contributed by atoms with E-state index in [1.165, 1.54) is 16.7 Å². The molecule has 4 aliphatic heterocycles. The van der Waals surface area contributed by atoms with E-state index in [-0.39, 0.29) is 59.2 Å². The van der Waals surface area contributed by atoms with Crippen molar-refractivity contribution in [2.75, 3.05) is 33.2 Å². The van der Waals surface area contributed by atoms with Crippen LogP contribution < -0.4 is 16.8 Å². The van der Waals surface area contributed by atoms with E-state index >= 15 is 0 Å². The van der Waals surface area contributed by atoms with Crippen LogP contribution in [0.2, 0.25) is 0 Å². The van der Waals surface area contributed by atoms with Crippen LogP contribution in [0.4, 0.5) is 0 Å². The van der Waals surface area contributed by atoms with Crippen LogP contribution in [0.1, 0.15) is 20.3 Å². The molecule has 13 nitrogen and oxygen atoms in total. The fraction of sp³-hybridized carbons (Fsp3) is 0.682. The second kappa shape index (κ2) is 9.90. The Morgan fingerprint density at radius 3 is 2.56 bits per heavy atom. The van der Waals surface area contributed by atoms with Gasteiger partial charge in [-0.15, -0.1) is 11.8 Å². The second-order valence-corrected chi connectivity index (χ2v) is 11.2. The highest BCUT2D eigenvalue weighted by atomic mass is 32.2. The number of carbonyl (C=O) groups excluding carboxylic acids is 3. The maximum absolute atomic E-state index is 13.0. The lowest BCUT2D eigenvalue weighted by molar-refractivity contribution is -0.163. The maximum atomic E-state index is 13.0. The molecule has 0 bridgehead atoms. The van der Waals surface area contributed by atoms with Crippen molar-refractivity contribution in [3.8, 4) is 0 Å². The van der Waals surface area contributed by atoms with Crippen molar-refractivity contribution in [2.45, 2.75) is 49.7 Å². The molecule has 198 valence electrons. The van der Waals surface area contributed by atoms with E-state index in [9.17, 15) is 29.4 Å². The monoisotopic (exact) mass is 523 g/mol. The molecule has 3 amide bonds. The largest absolute Gasteiger partial charge is 0.477 e. The average molecular weight is 524 g/mol. The standard InChI is InChI=1S/C22H33N7O6S/c1-9-16-15(10(2)30)20(33)29(16)17(21(34)35)18(9)36-12-4-13(25-5-12)19(32)28-7-11(8-28)27(3)14(31)6-26-22(23)24/h9-13,15-16,25,30H,4-8H2,1-3H3,(H,34,35)(H4,23,24,26)/t9-,10-,12+,13+,15-,16-/m1/s1. The number of aliphatic hydroxyl groups is 1. The van der Waals surface area contributed by atoms with Crippen LogP contribution in [0, 0.1) is 11.8 Å². The topological polar surface area (TPSA) is 195 Å². The first-order valence-electron chi connectivity index (χ1n) is 11.9. The van der Waals surface area contributed by atoms with Gasteiger partial charge in [-0.3, -0.25) is 14.4 Å². The molecule has 0 unspecified atom stereocenters. The van der Waals surface area contributed by atoms with Crippen molar-refractivity contribution in [3.63, 3.8) is 0 Å². The smallest absolute Gasteiger partial charge is 0.353 e. The number of thioether (sulfide) groups is 1. The number of likely N-dealkylation sites (tertiary alicyclic amines) is 1. The van der Waals surface area contributed by atoms with E-state index in [1.807, 2.05) is 6.92 Å². The van der Waals surface area contributed by atoms with Gasteiger partial charge in [-0.1, -0.05) is 6.92 Å². The summed E-state index contributed by atoms with van der Waals surface area (Å²) in [7, 11) is 1.66. The lowest BCUT2D eigenvalue weighted by Gasteiger charge is -2.46. The number of nitrogens with zero attached hydrogens (tertiary/aromatic N) is 4. The Labute approximate surface area is 212 Å². The summed E-state index contributed by atoms with van der Waals surface area (Å²) in [6.45, 7) is 4.66. The molecule has 14 heteroatoms. The molecule has 0 spiro atoms. The molecule has 3 fully saturated rings. The number of amides is 3. The van der Waals surface area contributed by atoms with Gasteiger partial charge >= 0.3 is 5.97 Å². The molecule has 0 aromatic carbocycles. The lowest BCUT2D eigenvalue weighted by atomic mass is 9.79. The van der Waals surface area contributed by atoms with E-state index in [2.05, 4.69) is 10.3 Å². The summed E-state index contributed by atoms with van der Waals surface area (Å²) in [5.74, 6) is -2.78. The van der Waals surface area contributed by atoms with Crippen molar-refractivity contribution in [3.05, 3.63) is 10.6 Å². The fourth-order valence-electron chi connectivity index (χ4n) is 5.41. The molecule has 0 saturated carbocycles. The second-order valence-electron chi connectivity index (χ2n) is 9.85. The average Bonchev–Trinajstić information content (AvgIpc) is 3.32. The van der Waals surface area contributed by atoms with Gasteiger partial charge in [0.25, 0.3) is 0 Å². The molecular weight excluding hydrogens is 490 g/mol. The van der Waals surface area contributed by atoms with Gasteiger partial charge in [0.2, 0.25) is 17.7 Å². The first kappa shape index (κ1) is 26.2. The zero-order chi connectivity index (χ0) is 26.5. The number of carboxylic acids is 1. The molecule has 3 saturated heterocycles. The number of likely N-dealkylation sites (N-methyl/N-ethyl adjacent to an activating group) is 1. The molecule has 0 aliphatic carbocycles. The van der Waals surface area contributed by atoms with Crippen molar-refractivity contribution >= 4 is 41.4 Å². The number of carbonyl (C=O) groups is 4. The number of fused-ring (bicyclic) bond motifs is 1. The fourth-order valence-corrected chi connectivity index (χ4v) is 6.89. The summed E-state index contributed by atoms with van der Waals surface area (Å²) in [5, 5.41) is 23.0. The van der Waals surface area contributed by atoms with Crippen LogP contribution in [0.3, 0.4) is 0 Å². The first-order chi connectivity index (χ1) is 16.9. The van der Waals surface area contributed by atoms with Gasteiger partial charge in [0.1, 0.15) is 12.2 Å². The number of aliphatic imine (C=N–C) groups is 1. The minimum atomic E-state index is -1.16. The summed E-state index contributed by atoms with van der Waals surface area (Å²) < 4.78 is 0. The Kier molecular flexibility index (Phi) is 7.21. The minimum absolute atomic E-state index is 0.00630. The highest BCUT2D eigenvalue weighted by Gasteiger charge is 2.60. The van der Waals surface area contributed by atoms with Gasteiger partial charge in [0, 0.05) is 42.8 Å². The number of aliphatic hydroxyl groups excluding tert-OH is 1. The molecule has 4 rings (SSSR count). The molecule has 0 aromatic rings. The van der Waals surface area contributed by atoms with Gasteiger partial charge in [0.05, 0.1) is 30.1 Å². The minimum Gasteiger partial charge on any atom is -0.477 e. The zero-order valence-electron chi connectivity index (χ0n) is 20.5. The number of nitrogens with one attached hydrogen (secondary N) is 1. The van der Waals surface area contributed by atoms with Gasteiger partial charge in [0.15, 0.2) is 5.96 Å². The Morgan fingerprint density at radius 1 is 1.31 bits per heavy atom. The number of guanidine groups is 1. The van der Waals surface area contributed by atoms with Gasteiger partial charge < -0.3 is 41.7 Å². The number of rotatable bonds is 8. The normalized spacial score (nSPS) is 30.4. The molecule has 4 aliphatic rings. The van der Waals surface area contributed by atoms with Crippen molar-refractivity contribution in [1.82, 2.24) is 20.0 Å². The molecule has 4 heterocycles. The summed E-state index contributed by atoms with van der Waals surface area (Å²) in [6.07, 6.45) is -0.331. The third-order valence-electron chi connectivity index (χ3n) is 7.51. The highest BCUT2D eigenvalue weighted by Crippen LogP contribution is 2.51. The predicted molar refractivity (Wildman–Crippen MR) is 131 cm³/mol. The number of hydrogen-bond donors (Lipinski definition) is 5. The Balaban J connectivity index is 1.32. The summed E-state index contributed by atoms with van der Waals surface area (Å²) in [5.41, 5.74) is 10.5. The number of hydrogen-bond acceptors (Lipinski definition) is 8. The summed E-state index contributed by atoms with van der Waals surface area (Å²) in [4.78, 5) is 58.6. The maximum Gasteiger partial charge on any atom is 0.353 e. The number of aliphatic carboxylic acids is 1. The van der Waals surface area contributed by atoms with E-state index in [1.54, 1.807) is 23.8 Å². The quantitative estimate of drug-likeness (QED) is 0.129. The Hall–Kier alpha value is -2.84. The van der Waals surface area contributed by atoms with Gasteiger partial charge in [-0.05, 0) is 13.3 Å². The SMILES string of the molecule is C[C@@H](O)[C@H]1C(=O)N2C(C(=O)O)=C(S[C@@H]3CN[C@H](C(=O)N4CC(N(C)C(=O)CN=C(N)N)C4)C3)[C@H](C)[C@H]12. The number of nitrogens with two attached hydrogens (primary N) is 2. The molecule has 0 aromatic heterocycles. The van der Waals surface area contributed by atoms with Crippen LogP contribution in [-0.2, 0) is 19.2 Å². The van der Waals surface area contributed by atoms with E-state index < -0.39 is 24.0 Å². The summed E-state index contributed by atoms with van der Waals surface area (Å²) >= 11 is 1.40. The van der Waals surface area contributed by atoms with Crippen LogP contribution in [0.15, 0.2) is 15.6 Å². The lowest BCUT2D eigenvalue weighted by Crippen LogP contribution is -2.63. The zero-order valence-corrected chi connectivity index (χ0v) is 21.3. The van der Waals surface area contributed by atoms with Crippen LogP contribution in [-0.4, -0.2) is 117 Å². The van der Waals surface area contributed by atoms with Gasteiger partial charge in [-0.2, -0.15) is 0 Å². The number of β-lactam (4-membered cyclic amide) rings is 1. The third kappa shape index (κ3) is 4.52. The van der Waals surface area contributed by atoms with Crippen LogP contribution >= 0.6 is 11.8 Å². The highest BCUT2D eigenvalue weighted by molar-refractivity contribution is 8.03. The van der Waals surface area contributed by atoms with Crippen LogP contribution in [0.5, 0.6) is 0 Å².